The summed E-state index contributed by atoms with van der Waals surface area (Å²) in [5, 5.41) is 10.6. The van der Waals surface area contributed by atoms with Crippen LogP contribution in [0.2, 0.25) is 0 Å². The highest BCUT2D eigenvalue weighted by Crippen LogP contribution is 2.45. The molecule has 3 N–H and O–H groups in total. The Morgan fingerprint density at radius 2 is 0.614 bits per heavy atom. The van der Waals surface area contributed by atoms with Gasteiger partial charge in [-0.25, -0.2) is 9.13 Å². The average molecular weight is 1290 g/mol. The Morgan fingerprint density at radius 3 is 0.920 bits per heavy atom. The summed E-state index contributed by atoms with van der Waals surface area (Å²) in [6.45, 7) is 11.6. The number of unbranched alkanes of at least 4 members (excludes halogenated alkanes) is 30. The third kappa shape index (κ3) is 62.4. The van der Waals surface area contributed by atoms with Gasteiger partial charge in [0.25, 0.3) is 0 Å². The quantitative estimate of drug-likeness (QED) is 0.0169. The predicted molar refractivity (Wildman–Crippen MR) is 354 cm³/mol. The average Bonchev–Trinajstić information content (AvgIpc) is 3.56. The zero-order chi connectivity index (χ0) is 65.2. The molecule has 0 saturated carbocycles. The zero-order valence-corrected chi connectivity index (χ0v) is 58.5. The third-order valence-electron chi connectivity index (χ3n) is 15.3. The van der Waals surface area contributed by atoms with E-state index >= 15 is 0 Å². The number of ether oxygens (including phenoxy) is 4. The Labute approximate surface area is 535 Å². The fourth-order valence-electron chi connectivity index (χ4n) is 9.82. The van der Waals surface area contributed by atoms with Crippen LogP contribution < -0.4 is 0 Å². The van der Waals surface area contributed by atoms with Gasteiger partial charge in [-0.05, 0) is 69.1 Å². The number of hydrogen-bond acceptors (Lipinski definition) is 15. The van der Waals surface area contributed by atoms with Gasteiger partial charge in [0.2, 0.25) is 0 Å². The van der Waals surface area contributed by atoms with Crippen molar-refractivity contribution in [2.45, 2.75) is 336 Å². The standard InChI is InChI=1S/C69H130O17P2/c1-8-9-10-11-12-13-14-15-16-17-18-23-30-38-45-52-68(73)85-64(56-79-66(71)50-43-36-28-22-20-19-21-26-33-40-47-60(2)3)58-83-87(75,76)81-54-63(70)55-82-88(77,78)84-59-65(86-69(74)53-46-39-32-31-35-42-49-62(6)7)57-80-67(72)51-44-37-29-25-24-27-34-41-48-61(4)5/h13-16,60-65,70H,8-12,17-59H2,1-7H3,(H,75,76)(H,77,78)/b14-13-,16-15-/t63?,64-,65-/m1/s1. The summed E-state index contributed by atoms with van der Waals surface area (Å²) in [5.41, 5.74) is 0. The molecule has 3 unspecified atom stereocenters. The normalized spacial score (nSPS) is 14.4. The van der Waals surface area contributed by atoms with Gasteiger partial charge in [-0.2, -0.15) is 0 Å². The topological polar surface area (TPSA) is 237 Å². The molecule has 0 aromatic rings. The molecule has 0 aromatic carbocycles. The van der Waals surface area contributed by atoms with Crippen LogP contribution in [0.5, 0.6) is 0 Å². The van der Waals surface area contributed by atoms with Crippen LogP contribution >= 0.6 is 15.6 Å². The van der Waals surface area contributed by atoms with Crippen LogP contribution in [0.1, 0.15) is 318 Å². The van der Waals surface area contributed by atoms with Gasteiger partial charge in [-0.1, -0.05) is 265 Å². The van der Waals surface area contributed by atoms with E-state index in [1.54, 1.807) is 0 Å². The number of carbonyl (C=O) groups is 4. The van der Waals surface area contributed by atoms with Crippen molar-refractivity contribution < 1.29 is 80.2 Å². The molecule has 0 saturated heterocycles. The summed E-state index contributed by atoms with van der Waals surface area (Å²) in [7, 11) is -9.91. The molecule has 518 valence electrons. The number of aliphatic hydroxyl groups excluding tert-OH is 1. The minimum absolute atomic E-state index is 0.0841. The third-order valence-corrected chi connectivity index (χ3v) is 17.2. The molecule has 0 rings (SSSR count). The van der Waals surface area contributed by atoms with E-state index < -0.39 is 97.5 Å². The van der Waals surface area contributed by atoms with Crippen LogP contribution in [0.4, 0.5) is 0 Å². The van der Waals surface area contributed by atoms with Crippen molar-refractivity contribution >= 4 is 39.5 Å². The van der Waals surface area contributed by atoms with E-state index in [0.717, 1.165) is 115 Å². The Hall–Kier alpha value is -2.46. The van der Waals surface area contributed by atoms with Crippen LogP contribution in [-0.4, -0.2) is 96.7 Å². The van der Waals surface area contributed by atoms with Gasteiger partial charge in [0, 0.05) is 25.7 Å². The maximum absolute atomic E-state index is 13.0. The Balaban J connectivity index is 5.28. The smallest absolute Gasteiger partial charge is 0.462 e. The largest absolute Gasteiger partial charge is 0.472 e. The van der Waals surface area contributed by atoms with Crippen LogP contribution in [0, 0.1) is 17.8 Å². The van der Waals surface area contributed by atoms with Gasteiger partial charge >= 0.3 is 39.5 Å². The van der Waals surface area contributed by atoms with E-state index in [0.29, 0.717) is 31.6 Å². The van der Waals surface area contributed by atoms with Crippen LogP contribution in [0.25, 0.3) is 0 Å². The monoisotopic (exact) mass is 1290 g/mol. The van der Waals surface area contributed by atoms with Crippen molar-refractivity contribution in [2.24, 2.45) is 17.8 Å². The Kier molecular flexibility index (Phi) is 57.9. The first-order valence-electron chi connectivity index (χ1n) is 35.2. The summed E-state index contributed by atoms with van der Waals surface area (Å²) in [6.07, 6.45) is 45.5. The van der Waals surface area contributed by atoms with Crippen molar-refractivity contribution in [3.05, 3.63) is 24.3 Å². The van der Waals surface area contributed by atoms with E-state index in [9.17, 15) is 43.2 Å². The van der Waals surface area contributed by atoms with Gasteiger partial charge in [0.1, 0.15) is 19.3 Å². The maximum atomic E-state index is 13.0. The second-order valence-electron chi connectivity index (χ2n) is 25.7. The summed E-state index contributed by atoms with van der Waals surface area (Å²) in [5.74, 6) is -0.0154. The second-order valence-corrected chi connectivity index (χ2v) is 28.6. The van der Waals surface area contributed by atoms with E-state index in [4.69, 9.17) is 37.0 Å². The first kappa shape index (κ1) is 85.5. The van der Waals surface area contributed by atoms with Crippen molar-refractivity contribution in [3.63, 3.8) is 0 Å². The Morgan fingerprint density at radius 1 is 0.352 bits per heavy atom. The highest BCUT2D eigenvalue weighted by atomic mass is 31.2. The molecule has 0 aliphatic heterocycles. The van der Waals surface area contributed by atoms with Gasteiger partial charge < -0.3 is 33.8 Å². The summed E-state index contributed by atoms with van der Waals surface area (Å²) >= 11 is 0. The molecule has 0 aliphatic rings. The van der Waals surface area contributed by atoms with E-state index in [-0.39, 0.29) is 25.7 Å². The molecule has 0 heterocycles. The predicted octanol–water partition coefficient (Wildman–Crippen LogP) is 19.0. The molecule has 0 bridgehead atoms. The molecule has 0 radical (unpaired) electrons. The number of rotatable bonds is 65. The summed E-state index contributed by atoms with van der Waals surface area (Å²) in [4.78, 5) is 72.4. The fraction of sp³-hybridized carbons (Fsp3) is 0.884. The van der Waals surface area contributed by atoms with Crippen molar-refractivity contribution in [1.82, 2.24) is 0 Å². The number of aliphatic hydroxyl groups is 1. The second kappa shape index (κ2) is 59.5. The molecular weight excluding hydrogens is 1160 g/mol. The van der Waals surface area contributed by atoms with E-state index in [2.05, 4.69) is 72.8 Å². The molecule has 19 heteroatoms. The lowest BCUT2D eigenvalue weighted by Gasteiger charge is -2.21. The Bertz CT molecular complexity index is 1830. The minimum Gasteiger partial charge on any atom is -0.462 e. The highest BCUT2D eigenvalue weighted by Gasteiger charge is 2.30. The SMILES string of the molecule is CCCCCC/C=C\C=C/CCCCCCCC(=O)O[C@H](COC(=O)CCCCCCCCCCCCC(C)C)COP(=O)(O)OCC(O)COP(=O)(O)OC[C@@H](COC(=O)CCCCCCCCCCC(C)C)OC(=O)CCCCCCCCC(C)C. The van der Waals surface area contributed by atoms with Crippen LogP contribution in [0.15, 0.2) is 24.3 Å². The molecule has 88 heavy (non-hydrogen) atoms. The molecule has 0 aromatic heterocycles. The lowest BCUT2D eigenvalue weighted by atomic mass is 10.0. The van der Waals surface area contributed by atoms with Gasteiger partial charge in [0.15, 0.2) is 12.2 Å². The van der Waals surface area contributed by atoms with Gasteiger partial charge in [-0.15, -0.1) is 0 Å². The number of phosphoric acid groups is 2. The van der Waals surface area contributed by atoms with Crippen LogP contribution in [0.3, 0.4) is 0 Å². The lowest BCUT2D eigenvalue weighted by Crippen LogP contribution is -2.30. The summed E-state index contributed by atoms with van der Waals surface area (Å²) in [6, 6.07) is 0. The van der Waals surface area contributed by atoms with Crippen molar-refractivity contribution in [2.75, 3.05) is 39.6 Å². The molecule has 0 spiro atoms. The molecule has 0 amide bonds. The molecular formula is C69H130O17P2. The zero-order valence-electron chi connectivity index (χ0n) is 56.7. The van der Waals surface area contributed by atoms with Crippen LogP contribution in [-0.2, 0) is 65.4 Å². The minimum atomic E-state index is -4.96. The van der Waals surface area contributed by atoms with Gasteiger partial charge in [-0.3, -0.25) is 37.3 Å². The lowest BCUT2D eigenvalue weighted by molar-refractivity contribution is -0.161. The molecule has 17 nitrogen and oxygen atoms in total. The highest BCUT2D eigenvalue weighted by molar-refractivity contribution is 7.47. The molecule has 5 atom stereocenters. The number of allylic oxidation sites excluding steroid dienone is 4. The molecule has 0 fully saturated rings. The maximum Gasteiger partial charge on any atom is 0.472 e. The van der Waals surface area contributed by atoms with Gasteiger partial charge in [0.05, 0.1) is 26.4 Å². The first-order valence-corrected chi connectivity index (χ1v) is 38.2. The summed E-state index contributed by atoms with van der Waals surface area (Å²) < 4.78 is 68.1. The molecule has 0 aliphatic carbocycles. The van der Waals surface area contributed by atoms with Crippen molar-refractivity contribution in [1.29, 1.82) is 0 Å². The number of hydrogen-bond donors (Lipinski definition) is 3. The first-order chi connectivity index (χ1) is 42.2. The number of phosphoric ester groups is 2. The number of carbonyl (C=O) groups excluding carboxylic acids is 4. The van der Waals surface area contributed by atoms with Crippen molar-refractivity contribution in [3.8, 4) is 0 Å². The number of esters is 4. The van der Waals surface area contributed by atoms with E-state index in [1.165, 1.54) is 116 Å². The fourth-order valence-corrected chi connectivity index (χ4v) is 11.4. The van der Waals surface area contributed by atoms with E-state index in [1.807, 2.05) is 0 Å².